The van der Waals surface area contributed by atoms with Gasteiger partial charge >= 0.3 is 5.97 Å². The van der Waals surface area contributed by atoms with E-state index in [-0.39, 0.29) is 35.8 Å². The molecule has 6 nitrogen and oxygen atoms in total. The highest BCUT2D eigenvalue weighted by atomic mass is 19.1. The molecule has 0 spiro atoms. The maximum atomic E-state index is 14.3. The normalized spacial score (nSPS) is 10.5. The fraction of sp³-hybridized carbons (Fsp3) is 0.182. The molecule has 3 aromatic rings. The number of esters is 1. The minimum Gasteiger partial charge on any atom is -0.497 e. The SMILES string of the molecule is CCOC(=O)c1c(C=O)nc(-c2c(F)cccc2F)nc1Cc1ccc(OC)cc1. The molecule has 0 aliphatic carbocycles. The molecule has 1 heterocycles. The molecule has 0 unspecified atom stereocenters. The second-order valence-corrected chi connectivity index (χ2v) is 6.21. The van der Waals surface area contributed by atoms with Crippen LogP contribution in [0.2, 0.25) is 0 Å². The first-order chi connectivity index (χ1) is 14.5. The molecule has 1 aromatic heterocycles. The van der Waals surface area contributed by atoms with Crippen LogP contribution < -0.4 is 4.74 Å². The van der Waals surface area contributed by atoms with Gasteiger partial charge in [0.15, 0.2) is 12.1 Å². The Morgan fingerprint density at radius 3 is 2.30 bits per heavy atom. The van der Waals surface area contributed by atoms with E-state index in [1.165, 1.54) is 13.2 Å². The first-order valence-corrected chi connectivity index (χ1v) is 9.09. The summed E-state index contributed by atoms with van der Waals surface area (Å²) in [5.41, 5.74) is -0.0648. The van der Waals surface area contributed by atoms with Gasteiger partial charge in [0.05, 0.1) is 25.0 Å². The van der Waals surface area contributed by atoms with E-state index >= 15 is 0 Å². The predicted octanol–water partition coefficient (Wildman–Crippen LogP) is 4.01. The number of aldehydes is 1. The molecule has 0 amide bonds. The zero-order valence-electron chi connectivity index (χ0n) is 16.3. The van der Waals surface area contributed by atoms with E-state index < -0.39 is 23.2 Å². The third kappa shape index (κ3) is 4.32. The summed E-state index contributed by atoms with van der Waals surface area (Å²) in [6.07, 6.45) is 0.443. The summed E-state index contributed by atoms with van der Waals surface area (Å²) in [6.45, 7) is 1.69. The van der Waals surface area contributed by atoms with E-state index in [2.05, 4.69) is 9.97 Å². The van der Waals surface area contributed by atoms with Crippen molar-refractivity contribution in [2.45, 2.75) is 13.3 Å². The van der Waals surface area contributed by atoms with Crippen LogP contribution in [0.1, 0.15) is 39.0 Å². The molecule has 0 saturated carbocycles. The maximum Gasteiger partial charge on any atom is 0.342 e. The quantitative estimate of drug-likeness (QED) is 0.431. The number of aromatic nitrogens is 2. The molecule has 0 radical (unpaired) electrons. The Hall–Kier alpha value is -3.68. The first kappa shape index (κ1) is 21.0. The average molecular weight is 412 g/mol. The van der Waals surface area contributed by atoms with Crippen molar-refractivity contribution in [3.05, 3.63) is 76.6 Å². The average Bonchev–Trinajstić information content (AvgIpc) is 2.74. The predicted molar refractivity (Wildman–Crippen MR) is 105 cm³/mol. The molecule has 0 bridgehead atoms. The van der Waals surface area contributed by atoms with Crippen LogP contribution in [0.5, 0.6) is 5.75 Å². The molecule has 0 fully saturated rings. The highest BCUT2D eigenvalue weighted by molar-refractivity contribution is 5.98. The second-order valence-electron chi connectivity index (χ2n) is 6.21. The van der Waals surface area contributed by atoms with Crippen molar-refractivity contribution in [3.63, 3.8) is 0 Å². The van der Waals surface area contributed by atoms with Gasteiger partial charge < -0.3 is 9.47 Å². The van der Waals surface area contributed by atoms with Crippen LogP contribution >= 0.6 is 0 Å². The highest BCUT2D eigenvalue weighted by Crippen LogP contribution is 2.26. The van der Waals surface area contributed by atoms with Crippen LogP contribution in [-0.2, 0) is 11.2 Å². The molecule has 0 atom stereocenters. The summed E-state index contributed by atoms with van der Waals surface area (Å²) in [4.78, 5) is 32.3. The van der Waals surface area contributed by atoms with Gasteiger partial charge in [-0.1, -0.05) is 18.2 Å². The Balaban J connectivity index is 2.19. The number of hydrogen-bond donors (Lipinski definition) is 0. The number of carbonyl (C=O) groups is 2. The van der Waals surface area contributed by atoms with Gasteiger partial charge in [-0.2, -0.15) is 0 Å². The number of halogens is 2. The maximum absolute atomic E-state index is 14.3. The lowest BCUT2D eigenvalue weighted by atomic mass is 10.0. The minimum absolute atomic E-state index is 0.0722. The molecule has 3 rings (SSSR count). The lowest BCUT2D eigenvalue weighted by Gasteiger charge is -2.13. The van der Waals surface area contributed by atoms with E-state index in [1.54, 1.807) is 31.2 Å². The summed E-state index contributed by atoms with van der Waals surface area (Å²) < 4.78 is 38.7. The number of ether oxygens (including phenoxy) is 2. The fourth-order valence-corrected chi connectivity index (χ4v) is 2.93. The van der Waals surface area contributed by atoms with Crippen molar-refractivity contribution in [3.8, 4) is 17.1 Å². The van der Waals surface area contributed by atoms with Gasteiger partial charge in [0.25, 0.3) is 0 Å². The van der Waals surface area contributed by atoms with Crippen LogP contribution in [0.15, 0.2) is 42.5 Å². The first-order valence-electron chi connectivity index (χ1n) is 9.09. The zero-order valence-corrected chi connectivity index (χ0v) is 16.3. The van der Waals surface area contributed by atoms with Crippen molar-refractivity contribution in [2.24, 2.45) is 0 Å². The summed E-state index contributed by atoms with van der Waals surface area (Å²) >= 11 is 0. The minimum atomic E-state index is -0.883. The molecule has 8 heteroatoms. The molecule has 0 saturated heterocycles. The fourth-order valence-electron chi connectivity index (χ4n) is 2.93. The Morgan fingerprint density at radius 1 is 1.07 bits per heavy atom. The van der Waals surface area contributed by atoms with Crippen molar-refractivity contribution in [1.82, 2.24) is 9.97 Å². The lowest BCUT2D eigenvalue weighted by Crippen LogP contribution is -2.16. The van der Waals surface area contributed by atoms with Crippen molar-refractivity contribution in [1.29, 1.82) is 0 Å². The van der Waals surface area contributed by atoms with Crippen LogP contribution in [0, 0.1) is 11.6 Å². The number of methoxy groups -OCH3 is 1. The smallest absolute Gasteiger partial charge is 0.342 e. The van der Waals surface area contributed by atoms with Crippen LogP contribution in [0.3, 0.4) is 0 Å². The molecule has 2 aromatic carbocycles. The third-order valence-electron chi connectivity index (χ3n) is 4.32. The van der Waals surface area contributed by atoms with Crippen LogP contribution in [0.4, 0.5) is 8.78 Å². The summed E-state index contributed by atoms with van der Waals surface area (Å²) in [5, 5.41) is 0. The van der Waals surface area contributed by atoms with Crippen LogP contribution in [-0.4, -0.2) is 35.9 Å². The molecule has 30 heavy (non-hydrogen) atoms. The number of benzene rings is 2. The monoisotopic (exact) mass is 412 g/mol. The summed E-state index contributed by atoms with van der Waals surface area (Å²) in [6, 6.07) is 10.3. The summed E-state index contributed by atoms with van der Waals surface area (Å²) in [7, 11) is 1.53. The highest BCUT2D eigenvalue weighted by Gasteiger charge is 2.24. The lowest BCUT2D eigenvalue weighted by molar-refractivity contribution is 0.0521. The number of nitrogens with zero attached hydrogens (tertiary/aromatic N) is 2. The van der Waals surface area contributed by atoms with Crippen molar-refractivity contribution in [2.75, 3.05) is 13.7 Å². The van der Waals surface area contributed by atoms with Gasteiger partial charge in [-0.3, -0.25) is 4.79 Å². The second kappa shape index (κ2) is 9.21. The van der Waals surface area contributed by atoms with E-state index in [9.17, 15) is 18.4 Å². The topological polar surface area (TPSA) is 78.4 Å². The molecular formula is C22H18F2N2O4. The van der Waals surface area contributed by atoms with E-state index in [4.69, 9.17) is 9.47 Å². The Morgan fingerprint density at radius 2 is 1.73 bits per heavy atom. The molecule has 0 N–H and O–H groups in total. The Labute approximate surface area is 171 Å². The van der Waals surface area contributed by atoms with Crippen LogP contribution in [0.25, 0.3) is 11.4 Å². The zero-order chi connectivity index (χ0) is 21.7. The largest absolute Gasteiger partial charge is 0.497 e. The molecular weight excluding hydrogens is 394 g/mol. The van der Waals surface area contributed by atoms with E-state index in [1.807, 2.05) is 0 Å². The van der Waals surface area contributed by atoms with Crippen molar-refractivity contribution >= 4 is 12.3 Å². The third-order valence-corrected chi connectivity index (χ3v) is 4.32. The Kier molecular flexibility index (Phi) is 6.46. The van der Waals surface area contributed by atoms with Crippen molar-refractivity contribution < 1.29 is 27.8 Å². The van der Waals surface area contributed by atoms with Gasteiger partial charge in [-0.15, -0.1) is 0 Å². The Bertz CT molecular complexity index is 1060. The van der Waals surface area contributed by atoms with E-state index in [0.717, 1.165) is 17.7 Å². The number of carbonyl (C=O) groups excluding carboxylic acids is 2. The summed E-state index contributed by atoms with van der Waals surface area (Å²) in [5.74, 6) is -2.25. The molecule has 0 aliphatic heterocycles. The van der Waals surface area contributed by atoms with Gasteiger partial charge in [-0.25, -0.2) is 23.5 Å². The van der Waals surface area contributed by atoms with Gasteiger partial charge in [-0.05, 0) is 36.8 Å². The van der Waals surface area contributed by atoms with Gasteiger partial charge in [0.1, 0.15) is 28.6 Å². The van der Waals surface area contributed by atoms with Gasteiger partial charge in [0.2, 0.25) is 0 Å². The number of rotatable bonds is 7. The van der Waals surface area contributed by atoms with E-state index in [0.29, 0.717) is 12.0 Å². The number of hydrogen-bond acceptors (Lipinski definition) is 6. The molecule has 0 aliphatic rings. The van der Waals surface area contributed by atoms with Gasteiger partial charge in [0, 0.05) is 6.42 Å². The molecule has 154 valence electrons. The standard InChI is InChI=1S/C22H18F2N2O4/c1-3-30-22(28)20-17(11-13-7-9-14(29-2)10-8-13)25-21(26-18(20)12-27)19-15(23)5-4-6-16(19)24/h4-10,12H,3,11H2,1-2H3.